The molecular formula is C9H13NO. The van der Waals surface area contributed by atoms with Crippen LogP contribution in [0.2, 0.25) is 0 Å². The average Bonchev–Trinajstić information content (AvgIpc) is 1.98. The van der Waals surface area contributed by atoms with Crippen LogP contribution in [0.4, 0.5) is 0 Å². The van der Waals surface area contributed by atoms with E-state index in [2.05, 4.69) is 13.2 Å². The normalized spacial score (nSPS) is 13.7. The zero-order chi connectivity index (χ0) is 8.85. The second kappa shape index (κ2) is 4.50. The summed E-state index contributed by atoms with van der Waals surface area (Å²) in [6.45, 7) is 8.81. The lowest BCUT2D eigenvalue weighted by Crippen LogP contribution is -2.21. The molecule has 1 atom stereocenters. The fourth-order valence-corrected chi connectivity index (χ4v) is 0.690. The summed E-state index contributed by atoms with van der Waals surface area (Å²) in [7, 11) is 0. The first kappa shape index (κ1) is 9.69. The van der Waals surface area contributed by atoms with Crippen molar-refractivity contribution in [3.05, 3.63) is 37.0 Å². The number of rotatable bonds is 4. The van der Waals surface area contributed by atoms with Crippen LogP contribution in [-0.2, 0) is 4.79 Å². The minimum atomic E-state index is -0.349. The zero-order valence-electron chi connectivity index (χ0n) is 6.71. The number of nitrogens with two attached hydrogens (primary N) is 1. The van der Waals surface area contributed by atoms with Crippen LogP contribution in [0.3, 0.4) is 0 Å². The van der Waals surface area contributed by atoms with E-state index in [1.54, 1.807) is 25.2 Å². The van der Waals surface area contributed by atoms with Gasteiger partial charge in [-0.05, 0) is 12.5 Å². The molecule has 0 aliphatic heterocycles. The third-order valence-corrected chi connectivity index (χ3v) is 1.47. The molecule has 0 aromatic carbocycles. The van der Waals surface area contributed by atoms with E-state index in [-0.39, 0.29) is 11.8 Å². The Bertz CT molecular complexity index is 204. The number of carbonyl (C=O) groups is 1. The molecule has 2 heteroatoms. The average molecular weight is 151 g/mol. The molecule has 0 bridgehead atoms. The monoisotopic (exact) mass is 151 g/mol. The van der Waals surface area contributed by atoms with Gasteiger partial charge >= 0.3 is 0 Å². The molecule has 0 unspecified atom stereocenters. The minimum absolute atomic E-state index is 0.287. The van der Waals surface area contributed by atoms with E-state index in [0.29, 0.717) is 0 Å². The van der Waals surface area contributed by atoms with Crippen LogP contribution in [0.1, 0.15) is 6.92 Å². The predicted octanol–water partition coefficient (Wildman–Crippen LogP) is 1.41. The minimum Gasteiger partial charge on any atom is -0.369 e. The summed E-state index contributed by atoms with van der Waals surface area (Å²) in [4.78, 5) is 10.7. The van der Waals surface area contributed by atoms with E-state index in [4.69, 9.17) is 5.73 Å². The van der Waals surface area contributed by atoms with Gasteiger partial charge in [0.15, 0.2) is 0 Å². The molecule has 0 aromatic rings. The summed E-state index contributed by atoms with van der Waals surface area (Å²) < 4.78 is 0. The predicted molar refractivity (Wildman–Crippen MR) is 46.8 cm³/mol. The Morgan fingerprint density at radius 3 is 2.36 bits per heavy atom. The molecule has 0 aromatic heterocycles. The number of hydrogen-bond donors (Lipinski definition) is 1. The highest BCUT2D eigenvalue weighted by atomic mass is 16.1. The number of carbonyl (C=O) groups excluding carboxylic acids is 1. The maximum absolute atomic E-state index is 10.7. The lowest BCUT2D eigenvalue weighted by Gasteiger charge is -2.06. The number of amides is 1. The van der Waals surface area contributed by atoms with Gasteiger partial charge in [0.25, 0.3) is 0 Å². The standard InChI is InChI=1S/C9H13NO/c1-4-6-8(5-2)7(3)9(10)11/h4-7H,1-2H2,3H3,(H2,10,11)/b8-6+/t7-/m0/s1. The Morgan fingerprint density at radius 2 is 2.09 bits per heavy atom. The molecule has 0 spiro atoms. The van der Waals surface area contributed by atoms with Crippen LogP contribution in [-0.4, -0.2) is 5.91 Å². The van der Waals surface area contributed by atoms with Crippen molar-refractivity contribution in [2.75, 3.05) is 0 Å². The van der Waals surface area contributed by atoms with Crippen molar-refractivity contribution in [3.63, 3.8) is 0 Å². The molecule has 0 fully saturated rings. The quantitative estimate of drug-likeness (QED) is 0.606. The summed E-state index contributed by atoms with van der Waals surface area (Å²) in [5, 5.41) is 0. The van der Waals surface area contributed by atoms with Crippen molar-refractivity contribution in [1.82, 2.24) is 0 Å². The van der Waals surface area contributed by atoms with Crippen LogP contribution in [0.25, 0.3) is 0 Å². The van der Waals surface area contributed by atoms with Crippen LogP contribution in [0.15, 0.2) is 37.0 Å². The van der Waals surface area contributed by atoms with E-state index in [0.717, 1.165) is 5.57 Å². The second-order valence-electron chi connectivity index (χ2n) is 2.23. The van der Waals surface area contributed by atoms with E-state index >= 15 is 0 Å². The molecule has 0 saturated carbocycles. The van der Waals surface area contributed by atoms with E-state index < -0.39 is 0 Å². The lowest BCUT2D eigenvalue weighted by molar-refractivity contribution is -0.120. The van der Waals surface area contributed by atoms with Crippen molar-refractivity contribution in [2.24, 2.45) is 11.7 Å². The van der Waals surface area contributed by atoms with Crippen molar-refractivity contribution < 1.29 is 4.79 Å². The molecule has 2 nitrogen and oxygen atoms in total. The highest BCUT2D eigenvalue weighted by Crippen LogP contribution is 2.10. The van der Waals surface area contributed by atoms with Crippen LogP contribution >= 0.6 is 0 Å². The van der Waals surface area contributed by atoms with Gasteiger partial charge < -0.3 is 5.73 Å². The zero-order valence-corrected chi connectivity index (χ0v) is 6.71. The molecule has 0 heterocycles. The third kappa shape index (κ3) is 2.85. The molecule has 0 aliphatic carbocycles. The van der Waals surface area contributed by atoms with Gasteiger partial charge in [-0.2, -0.15) is 0 Å². The van der Waals surface area contributed by atoms with Crippen molar-refractivity contribution in [2.45, 2.75) is 6.92 Å². The smallest absolute Gasteiger partial charge is 0.224 e. The third-order valence-electron chi connectivity index (χ3n) is 1.47. The number of allylic oxidation sites excluding steroid dienone is 3. The number of hydrogen-bond acceptors (Lipinski definition) is 1. The summed E-state index contributed by atoms with van der Waals surface area (Å²) in [5.41, 5.74) is 5.88. The summed E-state index contributed by atoms with van der Waals surface area (Å²) in [6, 6.07) is 0. The fraction of sp³-hybridized carbons (Fsp3) is 0.222. The first-order valence-electron chi connectivity index (χ1n) is 3.37. The summed E-state index contributed by atoms with van der Waals surface area (Å²) in [5.74, 6) is -0.636. The van der Waals surface area contributed by atoms with E-state index in [1.807, 2.05) is 0 Å². The van der Waals surface area contributed by atoms with Gasteiger partial charge in [-0.15, -0.1) is 0 Å². The Kier molecular flexibility index (Phi) is 3.96. The van der Waals surface area contributed by atoms with Gasteiger partial charge in [-0.3, -0.25) is 4.79 Å². The van der Waals surface area contributed by atoms with Gasteiger partial charge in [0.1, 0.15) is 0 Å². The van der Waals surface area contributed by atoms with E-state index in [9.17, 15) is 4.79 Å². The van der Waals surface area contributed by atoms with Gasteiger partial charge in [-0.25, -0.2) is 0 Å². The Balaban J connectivity index is 4.50. The summed E-state index contributed by atoms with van der Waals surface area (Å²) in [6.07, 6.45) is 4.94. The van der Waals surface area contributed by atoms with Crippen LogP contribution < -0.4 is 5.73 Å². The highest BCUT2D eigenvalue weighted by molar-refractivity contribution is 5.80. The lowest BCUT2D eigenvalue weighted by atomic mass is 10.0. The Morgan fingerprint density at radius 1 is 1.55 bits per heavy atom. The molecule has 0 saturated heterocycles. The topological polar surface area (TPSA) is 43.1 Å². The summed E-state index contributed by atoms with van der Waals surface area (Å²) >= 11 is 0. The van der Waals surface area contributed by atoms with Crippen LogP contribution in [0.5, 0.6) is 0 Å². The molecule has 0 radical (unpaired) electrons. The Hall–Kier alpha value is -1.31. The molecule has 60 valence electrons. The van der Waals surface area contributed by atoms with Gasteiger partial charge in [-0.1, -0.05) is 31.4 Å². The molecule has 0 rings (SSSR count). The first-order valence-corrected chi connectivity index (χ1v) is 3.37. The highest BCUT2D eigenvalue weighted by Gasteiger charge is 2.10. The molecule has 2 N–H and O–H groups in total. The largest absolute Gasteiger partial charge is 0.369 e. The van der Waals surface area contributed by atoms with Crippen LogP contribution in [0, 0.1) is 5.92 Å². The van der Waals surface area contributed by atoms with Gasteiger partial charge in [0, 0.05) is 0 Å². The Labute approximate surface area is 67.1 Å². The maximum atomic E-state index is 10.7. The van der Waals surface area contributed by atoms with E-state index in [1.165, 1.54) is 0 Å². The molecule has 1 amide bonds. The molecule has 11 heavy (non-hydrogen) atoms. The fourth-order valence-electron chi connectivity index (χ4n) is 0.690. The SMILES string of the molecule is C=C/C=C(\C=C)[C@H](C)C(N)=O. The maximum Gasteiger partial charge on any atom is 0.224 e. The molecule has 0 aliphatic rings. The van der Waals surface area contributed by atoms with Crippen molar-refractivity contribution >= 4 is 5.91 Å². The van der Waals surface area contributed by atoms with Crippen molar-refractivity contribution in [1.29, 1.82) is 0 Å². The number of primary amides is 1. The van der Waals surface area contributed by atoms with Gasteiger partial charge in [0.05, 0.1) is 5.92 Å². The molecular weight excluding hydrogens is 138 g/mol. The first-order chi connectivity index (χ1) is 5.13. The second-order valence-corrected chi connectivity index (χ2v) is 2.23. The van der Waals surface area contributed by atoms with Crippen molar-refractivity contribution in [3.8, 4) is 0 Å². The van der Waals surface area contributed by atoms with Gasteiger partial charge in [0.2, 0.25) is 5.91 Å².